The zero-order valence-corrected chi connectivity index (χ0v) is 15.6. The first-order chi connectivity index (χ1) is 13.7. The minimum absolute atomic E-state index is 0.0417. The fourth-order valence-electron chi connectivity index (χ4n) is 2.63. The molecular weight excluding hydrogens is 366 g/mol. The van der Waals surface area contributed by atoms with E-state index in [2.05, 4.69) is 20.8 Å². The maximum Gasteiger partial charge on any atom is 0.319 e. The van der Waals surface area contributed by atoms with Gasteiger partial charge in [0.2, 0.25) is 5.89 Å². The van der Waals surface area contributed by atoms with Crippen molar-refractivity contribution in [3.05, 3.63) is 41.5 Å². The lowest BCUT2D eigenvalue weighted by atomic mass is 10.1. The van der Waals surface area contributed by atoms with Gasteiger partial charge in [-0.3, -0.25) is 4.79 Å². The molecule has 1 saturated heterocycles. The van der Waals surface area contributed by atoms with E-state index in [0.29, 0.717) is 62.3 Å². The molecule has 1 aromatic carbocycles. The number of urea groups is 1. The second-order valence-corrected chi connectivity index (χ2v) is 6.14. The van der Waals surface area contributed by atoms with Crippen LogP contribution in [0.15, 0.2) is 28.8 Å². The Morgan fingerprint density at radius 1 is 1.21 bits per heavy atom. The number of carbonyl (C=O) groups excluding carboxylic acids is 2. The molecule has 2 aromatic rings. The van der Waals surface area contributed by atoms with Crippen LogP contribution in [0.5, 0.6) is 0 Å². The molecule has 28 heavy (non-hydrogen) atoms. The van der Waals surface area contributed by atoms with Gasteiger partial charge in [0, 0.05) is 37.9 Å². The van der Waals surface area contributed by atoms with Crippen LogP contribution in [-0.4, -0.2) is 67.0 Å². The van der Waals surface area contributed by atoms with Crippen molar-refractivity contribution in [1.29, 1.82) is 0 Å². The van der Waals surface area contributed by atoms with Crippen LogP contribution >= 0.6 is 0 Å². The van der Waals surface area contributed by atoms with Crippen LogP contribution in [-0.2, 0) is 22.4 Å². The smallest absolute Gasteiger partial charge is 0.319 e. The number of anilines is 1. The third-order valence-corrected chi connectivity index (χ3v) is 4.13. The molecule has 10 nitrogen and oxygen atoms in total. The molecule has 1 aliphatic heterocycles. The van der Waals surface area contributed by atoms with Crippen LogP contribution in [0, 0.1) is 0 Å². The van der Waals surface area contributed by atoms with E-state index < -0.39 is 6.03 Å². The molecule has 10 heteroatoms. The zero-order chi connectivity index (χ0) is 19.8. The highest BCUT2D eigenvalue weighted by atomic mass is 16.5. The quantitative estimate of drug-likeness (QED) is 0.726. The minimum Gasteiger partial charge on any atom is -0.384 e. The van der Waals surface area contributed by atoms with E-state index >= 15 is 0 Å². The van der Waals surface area contributed by atoms with Gasteiger partial charge in [0.05, 0.1) is 26.4 Å². The van der Waals surface area contributed by atoms with Gasteiger partial charge in [0.1, 0.15) is 0 Å². The molecule has 0 aliphatic carbocycles. The van der Waals surface area contributed by atoms with Crippen molar-refractivity contribution in [3.8, 4) is 0 Å². The van der Waals surface area contributed by atoms with Gasteiger partial charge < -0.3 is 29.5 Å². The Balaban J connectivity index is 1.46. The van der Waals surface area contributed by atoms with E-state index in [0.717, 1.165) is 0 Å². The summed E-state index contributed by atoms with van der Waals surface area (Å²) in [5.74, 6) is 0.798. The Kier molecular flexibility index (Phi) is 6.93. The van der Waals surface area contributed by atoms with E-state index in [4.69, 9.17) is 14.0 Å². The van der Waals surface area contributed by atoms with Gasteiger partial charge in [-0.15, -0.1) is 0 Å². The molecule has 0 atom stereocenters. The second kappa shape index (κ2) is 9.81. The normalized spacial score (nSPS) is 14.0. The molecule has 2 N–H and O–H groups in total. The lowest BCUT2D eigenvalue weighted by molar-refractivity contribution is 0.0303. The number of hydrogen-bond donors (Lipinski definition) is 2. The van der Waals surface area contributed by atoms with Crippen molar-refractivity contribution in [2.45, 2.75) is 13.0 Å². The number of methoxy groups -OCH3 is 1. The Morgan fingerprint density at radius 3 is 2.68 bits per heavy atom. The summed E-state index contributed by atoms with van der Waals surface area (Å²) in [5, 5.41) is 9.13. The number of hydrogen-bond acceptors (Lipinski definition) is 7. The number of benzene rings is 1. The Hall–Kier alpha value is -2.98. The first-order valence-electron chi connectivity index (χ1n) is 8.98. The van der Waals surface area contributed by atoms with Crippen molar-refractivity contribution in [2.75, 3.05) is 45.3 Å². The van der Waals surface area contributed by atoms with Gasteiger partial charge in [-0.05, 0) is 24.3 Å². The van der Waals surface area contributed by atoms with Crippen LogP contribution in [0.2, 0.25) is 0 Å². The van der Waals surface area contributed by atoms with Gasteiger partial charge in [-0.2, -0.15) is 4.98 Å². The topological polar surface area (TPSA) is 119 Å². The predicted octanol–water partition coefficient (Wildman–Crippen LogP) is 1.05. The van der Waals surface area contributed by atoms with Gasteiger partial charge >= 0.3 is 6.03 Å². The van der Waals surface area contributed by atoms with Crippen molar-refractivity contribution in [3.63, 3.8) is 0 Å². The number of nitrogens with one attached hydrogen (secondary N) is 2. The largest absolute Gasteiger partial charge is 0.384 e. The molecule has 0 saturated carbocycles. The average Bonchev–Trinajstić information content (AvgIpc) is 3.19. The highest BCUT2D eigenvalue weighted by Crippen LogP contribution is 2.12. The molecule has 1 aromatic heterocycles. The van der Waals surface area contributed by atoms with Crippen molar-refractivity contribution in [2.24, 2.45) is 0 Å². The van der Waals surface area contributed by atoms with Crippen LogP contribution < -0.4 is 10.6 Å². The van der Waals surface area contributed by atoms with E-state index in [-0.39, 0.29) is 12.5 Å². The Morgan fingerprint density at radius 2 is 1.96 bits per heavy atom. The maximum absolute atomic E-state index is 12.4. The SMILES string of the molecule is COCCc1noc(CNC(=O)Nc2ccc(C(=O)N3CCOCC3)cc2)n1. The van der Waals surface area contributed by atoms with E-state index in [1.165, 1.54) is 0 Å². The van der Waals surface area contributed by atoms with Crippen LogP contribution in [0.25, 0.3) is 0 Å². The monoisotopic (exact) mass is 389 g/mol. The van der Waals surface area contributed by atoms with Gasteiger partial charge in [-0.25, -0.2) is 4.79 Å². The number of morpholine rings is 1. The zero-order valence-electron chi connectivity index (χ0n) is 15.6. The summed E-state index contributed by atoms with van der Waals surface area (Å²) in [5.41, 5.74) is 1.14. The highest BCUT2D eigenvalue weighted by Gasteiger charge is 2.18. The summed E-state index contributed by atoms with van der Waals surface area (Å²) in [7, 11) is 1.60. The lowest BCUT2D eigenvalue weighted by Crippen LogP contribution is -2.40. The van der Waals surface area contributed by atoms with E-state index in [9.17, 15) is 9.59 Å². The third kappa shape index (κ3) is 5.51. The molecule has 150 valence electrons. The summed E-state index contributed by atoms with van der Waals surface area (Å²) in [6.45, 7) is 2.89. The molecule has 0 unspecified atom stereocenters. The third-order valence-electron chi connectivity index (χ3n) is 4.13. The summed E-state index contributed by atoms with van der Waals surface area (Å²) in [6, 6.07) is 6.33. The van der Waals surface area contributed by atoms with Crippen LogP contribution in [0.3, 0.4) is 0 Å². The van der Waals surface area contributed by atoms with Crippen molar-refractivity contribution < 1.29 is 23.6 Å². The van der Waals surface area contributed by atoms with E-state index in [1.807, 2.05) is 0 Å². The number of aromatic nitrogens is 2. The first-order valence-corrected chi connectivity index (χ1v) is 8.98. The molecule has 3 rings (SSSR count). The number of carbonyl (C=O) groups is 2. The lowest BCUT2D eigenvalue weighted by Gasteiger charge is -2.26. The minimum atomic E-state index is -0.413. The van der Waals surface area contributed by atoms with Gasteiger partial charge in [0.15, 0.2) is 5.82 Å². The Labute approximate surface area is 162 Å². The summed E-state index contributed by atoms with van der Waals surface area (Å²) >= 11 is 0. The van der Waals surface area contributed by atoms with Crippen molar-refractivity contribution >= 4 is 17.6 Å². The summed E-state index contributed by atoms with van der Waals surface area (Å²) < 4.78 is 15.3. The number of rotatable bonds is 7. The molecule has 2 heterocycles. The fraction of sp³-hybridized carbons (Fsp3) is 0.444. The molecule has 0 spiro atoms. The number of amides is 3. The van der Waals surface area contributed by atoms with Gasteiger partial charge in [0.25, 0.3) is 5.91 Å². The molecule has 0 bridgehead atoms. The van der Waals surface area contributed by atoms with Gasteiger partial charge in [-0.1, -0.05) is 5.16 Å². The molecular formula is C18H23N5O5. The second-order valence-electron chi connectivity index (χ2n) is 6.14. The molecule has 1 aliphatic rings. The summed E-state index contributed by atoms with van der Waals surface area (Å²) in [6.07, 6.45) is 0.543. The number of ether oxygens (including phenoxy) is 2. The summed E-state index contributed by atoms with van der Waals surface area (Å²) in [4.78, 5) is 30.3. The standard InChI is InChI=1S/C18H23N5O5/c1-26-9-6-15-21-16(28-22-15)12-19-18(25)20-14-4-2-13(3-5-14)17(24)23-7-10-27-11-8-23/h2-5H,6-12H2,1H3,(H2,19,20,25). The van der Waals surface area contributed by atoms with E-state index in [1.54, 1.807) is 36.3 Å². The Bertz CT molecular complexity index is 786. The molecule has 1 fully saturated rings. The average molecular weight is 389 g/mol. The predicted molar refractivity (Wildman–Crippen MR) is 98.9 cm³/mol. The van der Waals surface area contributed by atoms with Crippen LogP contribution in [0.4, 0.5) is 10.5 Å². The maximum atomic E-state index is 12.4. The van der Waals surface area contributed by atoms with Crippen LogP contribution in [0.1, 0.15) is 22.1 Å². The molecule has 0 radical (unpaired) electrons. The first kappa shape index (κ1) is 19.8. The fourth-order valence-corrected chi connectivity index (χ4v) is 2.63. The molecule has 3 amide bonds. The number of nitrogens with zero attached hydrogens (tertiary/aromatic N) is 3. The highest BCUT2D eigenvalue weighted by molar-refractivity contribution is 5.95. The van der Waals surface area contributed by atoms with Crippen molar-refractivity contribution in [1.82, 2.24) is 20.4 Å².